The van der Waals surface area contributed by atoms with Crippen LogP contribution >= 0.6 is 45.2 Å². The molecule has 0 aliphatic rings. The smallest absolute Gasteiger partial charge is 0.125 e. The Hall–Kier alpha value is -0.500. The second-order valence-corrected chi connectivity index (χ2v) is 7.58. The number of rotatable bonds is 3. The number of benzene rings is 2. The lowest BCUT2D eigenvalue weighted by molar-refractivity contribution is 0.408. The maximum absolute atomic E-state index is 5.53. The van der Waals surface area contributed by atoms with Gasteiger partial charge in [-0.05, 0) is 107 Å². The average Bonchev–Trinajstić information content (AvgIpc) is 2.48. The number of methoxy groups -OCH3 is 2. The second-order valence-electron chi connectivity index (χ2n) is 5.43. The number of hydrogen-bond donors (Lipinski definition) is 0. The first kappa shape index (κ1) is 17.8. The highest BCUT2D eigenvalue weighted by atomic mass is 127. The first-order valence-electron chi connectivity index (χ1n) is 7.01. The first-order chi connectivity index (χ1) is 10.3. The molecule has 22 heavy (non-hydrogen) atoms. The zero-order valence-corrected chi connectivity index (χ0v) is 18.0. The van der Waals surface area contributed by atoms with E-state index in [-0.39, 0.29) is 0 Å². The van der Waals surface area contributed by atoms with E-state index < -0.39 is 0 Å². The Kier molecular flexibility index (Phi) is 5.63. The molecule has 0 N–H and O–H groups in total. The van der Waals surface area contributed by atoms with Gasteiger partial charge in [0.15, 0.2) is 0 Å². The third-order valence-electron chi connectivity index (χ3n) is 3.95. The molecule has 118 valence electrons. The van der Waals surface area contributed by atoms with Gasteiger partial charge in [0.25, 0.3) is 0 Å². The Bertz CT molecular complexity index is 673. The molecule has 0 aliphatic carbocycles. The molecular formula is C18H20I2O2. The van der Waals surface area contributed by atoms with Crippen molar-refractivity contribution in [2.75, 3.05) is 14.2 Å². The van der Waals surface area contributed by atoms with Gasteiger partial charge in [-0.3, -0.25) is 0 Å². The number of hydrogen-bond acceptors (Lipinski definition) is 2. The van der Waals surface area contributed by atoms with Crippen LogP contribution in [0.2, 0.25) is 0 Å². The summed E-state index contributed by atoms with van der Waals surface area (Å²) in [5.74, 6) is 1.95. The highest BCUT2D eigenvalue weighted by Gasteiger charge is 2.18. The Morgan fingerprint density at radius 3 is 1.27 bits per heavy atom. The highest BCUT2D eigenvalue weighted by molar-refractivity contribution is 14.1. The SMILES string of the molecule is COc1c(C)cc(-c2cc(C)c(OC)c(C)c2I)c(I)c1C. The summed E-state index contributed by atoms with van der Waals surface area (Å²) in [6.45, 7) is 8.43. The van der Waals surface area contributed by atoms with E-state index in [1.807, 2.05) is 0 Å². The van der Waals surface area contributed by atoms with Gasteiger partial charge in [-0.25, -0.2) is 0 Å². The molecule has 0 spiro atoms. The van der Waals surface area contributed by atoms with E-state index in [2.05, 4.69) is 85.0 Å². The molecule has 0 aliphatic heterocycles. The predicted octanol–water partition coefficient (Wildman–Crippen LogP) is 5.81. The van der Waals surface area contributed by atoms with E-state index in [9.17, 15) is 0 Å². The lowest BCUT2D eigenvalue weighted by Crippen LogP contribution is -2.00. The highest BCUT2D eigenvalue weighted by Crippen LogP contribution is 2.40. The van der Waals surface area contributed by atoms with Crippen molar-refractivity contribution >= 4 is 45.2 Å². The maximum Gasteiger partial charge on any atom is 0.125 e. The molecule has 2 nitrogen and oxygen atoms in total. The summed E-state index contributed by atoms with van der Waals surface area (Å²) in [5.41, 5.74) is 7.24. The van der Waals surface area contributed by atoms with Gasteiger partial charge in [0.2, 0.25) is 0 Å². The molecule has 4 heteroatoms. The molecule has 0 radical (unpaired) electrons. The van der Waals surface area contributed by atoms with Crippen LogP contribution < -0.4 is 9.47 Å². The molecule has 0 saturated heterocycles. The van der Waals surface area contributed by atoms with Crippen molar-refractivity contribution in [1.82, 2.24) is 0 Å². The lowest BCUT2D eigenvalue weighted by atomic mass is 9.96. The molecular weight excluding hydrogens is 502 g/mol. The molecule has 2 aromatic carbocycles. The fraction of sp³-hybridized carbons (Fsp3) is 0.333. The van der Waals surface area contributed by atoms with Gasteiger partial charge in [0.1, 0.15) is 11.5 Å². The molecule has 0 fully saturated rings. The van der Waals surface area contributed by atoms with Gasteiger partial charge >= 0.3 is 0 Å². The standard InChI is InChI=1S/C18H20I2O2/c1-9-7-13(15(19)11(3)17(9)21-5)14-8-10(2)18(22-6)12(4)16(14)20/h7-8H,1-6H3. The Labute approximate surface area is 159 Å². The monoisotopic (exact) mass is 522 g/mol. The summed E-state index contributed by atoms with van der Waals surface area (Å²) in [5, 5.41) is 0. The van der Waals surface area contributed by atoms with E-state index in [0.717, 1.165) is 22.6 Å². The Morgan fingerprint density at radius 2 is 1.00 bits per heavy atom. The summed E-state index contributed by atoms with van der Waals surface area (Å²) in [6.07, 6.45) is 0. The Morgan fingerprint density at radius 1 is 0.682 bits per heavy atom. The molecule has 2 rings (SSSR count). The summed E-state index contributed by atoms with van der Waals surface area (Å²) < 4.78 is 13.5. The van der Waals surface area contributed by atoms with Crippen LogP contribution in [0.15, 0.2) is 12.1 Å². The van der Waals surface area contributed by atoms with E-state index in [1.165, 1.54) is 29.4 Å². The van der Waals surface area contributed by atoms with Gasteiger partial charge in [0, 0.05) is 18.3 Å². The molecule has 0 amide bonds. The van der Waals surface area contributed by atoms with Crippen LogP contribution in [0.1, 0.15) is 22.3 Å². The van der Waals surface area contributed by atoms with Crippen LogP contribution in [0.5, 0.6) is 11.5 Å². The van der Waals surface area contributed by atoms with Crippen molar-refractivity contribution in [2.45, 2.75) is 27.7 Å². The van der Waals surface area contributed by atoms with Gasteiger partial charge < -0.3 is 9.47 Å². The molecule has 0 aromatic heterocycles. The van der Waals surface area contributed by atoms with Gasteiger partial charge in [-0.1, -0.05) is 0 Å². The Balaban J connectivity index is 2.78. The van der Waals surface area contributed by atoms with Crippen molar-refractivity contribution in [2.24, 2.45) is 0 Å². The van der Waals surface area contributed by atoms with Crippen molar-refractivity contribution < 1.29 is 9.47 Å². The van der Waals surface area contributed by atoms with Crippen LogP contribution in [-0.4, -0.2) is 14.2 Å². The van der Waals surface area contributed by atoms with Gasteiger partial charge in [-0.2, -0.15) is 0 Å². The third kappa shape index (κ3) is 2.96. The van der Waals surface area contributed by atoms with Gasteiger partial charge in [-0.15, -0.1) is 0 Å². The van der Waals surface area contributed by atoms with Crippen molar-refractivity contribution in [3.8, 4) is 22.6 Å². The number of halogens is 2. The van der Waals surface area contributed by atoms with Crippen LogP contribution in [0, 0.1) is 34.8 Å². The van der Waals surface area contributed by atoms with Crippen LogP contribution in [0.3, 0.4) is 0 Å². The van der Waals surface area contributed by atoms with Crippen molar-refractivity contribution in [3.05, 3.63) is 41.5 Å². The van der Waals surface area contributed by atoms with Crippen molar-refractivity contribution in [3.63, 3.8) is 0 Å². The zero-order chi connectivity index (χ0) is 16.6. The molecule has 2 aromatic rings. The predicted molar refractivity (Wildman–Crippen MR) is 109 cm³/mol. The van der Waals surface area contributed by atoms with Gasteiger partial charge in [0.05, 0.1) is 14.2 Å². The minimum Gasteiger partial charge on any atom is -0.496 e. The topological polar surface area (TPSA) is 18.5 Å². The molecule has 0 heterocycles. The fourth-order valence-corrected chi connectivity index (χ4v) is 4.29. The maximum atomic E-state index is 5.53. The third-order valence-corrected chi connectivity index (χ3v) is 6.73. The average molecular weight is 522 g/mol. The molecule has 0 atom stereocenters. The van der Waals surface area contributed by atoms with Crippen molar-refractivity contribution in [1.29, 1.82) is 0 Å². The summed E-state index contributed by atoms with van der Waals surface area (Å²) in [4.78, 5) is 0. The van der Waals surface area contributed by atoms with Crippen LogP contribution in [-0.2, 0) is 0 Å². The fourth-order valence-electron chi connectivity index (χ4n) is 2.91. The summed E-state index contributed by atoms with van der Waals surface area (Å²) in [6, 6.07) is 4.44. The minimum atomic E-state index is 0.977. The van der Waals surface area contributed by atoms with E-state index in [4.69, 9.17) is 9.47 Å². The van der Waals surface area contributed by atoms with E-state index in [1.54, 1.807) is 14.2 Å². The minimum absolute atomic E-state index is 0.977. The molecule has 0 bridgehead atoms. The number of ether oxygens (including phenoxy) is 2. The molecule has 0 saturated carbocycles. The largest absolute Gasteiger partial charge is 0.496 e. The zero-order valence-electron chi connectivity index (χ0n) is 13.7. The quantitative estimate of drug-likeness (QED) is 0.474. The van der Waals surface area contributed by atoms with Crippen LogP contribution in [0.4, 0.5) is 0 Å². The van der Waals surface area contributed by atoms with E-state index in [0.29, 0.717) is 0 Å². The lowest BCUT2D eigenvalue weighted by Gasteiger charge is -2.19. The van der Waals surface area contributed by atoms with Crippen LogP contribution in [0.25, 0.3) is 11.1 Å². The second kappa shape index (κ2) is 6.95. The summed E-state index contributed by atoms with van der Waals surface area (Å²) in [7, 11) is 3.47. The normalized spacial score (nSPS) is 10.7. The first-order valence-corrected chi connectivity index (χ1v) is 9.16. The number of aryl methyl sites for hydroxylation is 2. The van der Waals surface area contributed by atoms with E-state index >= 15 is 0 Å². The summed E-state index contributed by atoms with van der Waals surface area (Å²) >= 11 is 4.84. The molecule has 0 unspecified atom stereocenters.